The molecule has 1 atom stereocenters. The van der Waals surface area contributed by atoms with Gasteiger partial charge in [-0.25, -0.2) is 0 Å². The van der Waals surface area contributed by atoms with Crippen LogP contribution < -0.4 is 5.32 Å². The summed E-state index contributed by atoms with van der Waals surface area (Å²) in [4.78, 5) is 15.5. The van der Waals surface area contributed by atoms with Gasteiger partial charge in [-0.1, -0.05) is 12.1 Å². The van der Waals surface area contributed by atoms with Crippen LogP contribution in [0.5, 0.6) is 0 Å². The fourth-order valence-electron chi connectivity index (χ4n) is 3.42. The number of rotatable bonds is 5. The second-order valence-electron chi connectivity index (χ2n) is 6.69. The van der Waals surface area contributed by atoms with Gasteiger partial charge in [-0.3, -0.25) is 4.79 Å². The van der Waals surface area contributed by atoms with Crippen LogP contribution in [0.25, 0.3) is 10.9 Å². The predicted molar refractivity (Wildman–Crippen MR) is 92.8 cm³/mol. The van der Waals surface area contributed by atoms with Gasteiger partial charge < -0.3 is 15.0 Å². The monoisotopic (exact) mass is 314 g/mol. The summed E-state index contributed by atoms with van der Waals surface area (Å²) in [6, 6.07) is 4.36. The van der Waals surface area contributed by atoms with Gasteiger partial charge in [0.2, 0.25) is 5.91 Å². The first-order valence-corrected chi connectivity index (χ1v) is 8.48. The lowest BCUT2D eigenvalue weighted by molar-refractivity contribution is -0.122. The van der Waals surface area contributed by atoms with Crippen LogP contribution >= 0.6 is 0 Å². The maximum atomic E-state index is 12.0. The van der Waals surface area contributed by atoms with E-state index in [0.29, 0.717) is 18.9 Å². The molecule has 2 heterocycles. The second-order valence-corrected chi connectivity index (χ2v) is 6.69. The molecule has 1 fully saturated rings. The van der Waals surface area contributed by atoms with E-state index in [0.717, 1.165) is 26.1 Å². The third-order valence-electron chi connectivity index (χ3n) is 5.02. The molecular weight excluding hydrogens is 288 g/mol. The van der Waals surface area contributed by atoms with Crippen LogP contribution in [0, 0.1) is 26.7 Å². The van der Waals surface area contributed by atoms with Gasteiger partial charge in [0.25, 0.3) is 0 Å². The maximum absolute atomic E-state index is 12.0. The number of carbonyl (C=O) groups is 1. The zero-order chi connectivity index (χ0) is 16.4. The molecule has 0 spiro atoms. The standard InChI is InChI=1S/C19H26N2O2/c1-12-4-5-17-16(14(3)21-19(17)13(12)2)6-8-20-18(22)10-15-7-9-23-11-15/h4-5,15,21H,6-11H2,1-3H3,(H,20,22)/t15-/m1/s1. The molecule has 0 unspecified atom stereocenters. The fourth-order valence-corrected chi connectivity index (χ4v) is 3.42. The number of carbonyl (C=O) groups excluding carboxylic acids is 1. The van der Waals surface area contributed by atoms with Gasteiger partial charge in [-0.15, -0.1) is 0 Å². The summed E-state index contributed by atoms with van der Waals surface area (Å²) in [5.41, 5.74) is 6.35. The highest BCUT2D eigenvalue weighted by molar-refractivity contribution is 5.88. The van der Waals surface area contributed by atoms with Crippen LogP contribution in [0.4, 0.5) is 0 Å². The molecule has 1 saturated heterocycles. The number of H-pyrrole nitrogens is 1. The Kier molecular flexibility index (Phi) is 4.71. The summed E-state index contributed by atoms with van der Waals surface area (Å²) in [6.07, 6.45) is 2.46. The van der Waals surface area contributed by atoms with Crippen LogP contribution in [0.3, 0.4) is 0 Å². The van der Waals surface area contributed by atoms with Crippen LogP contribution in [0.1, 0.15) is 35.2 Å². The lowest BCUT2D eigenvalue weighted by Gasteiger charge is -2.09. The summed E-state index contributed by atoms with van der Waals surface area (Å²) >= 11 is 0. The average Bonchev–Trinajstić information content (AvgIpc) is 3.12. The van der Waals surface area contributed by atoms with E-state index < -0.39 is 0 Å². The number of nitrogens with one attached hydrogen (secondary N) is 2. The molecule has 3 rings (SSSR count). The minimum absolute atomic E-state index is 0.144. The van der Waals surface area contributed by atoms with E-state index in [4.69, 9.17) is 4.74 Å². The van der Waals surface area contributed by atoms with Gasteiger partial charge in [0.15, 0.2) is 0 Å². The Hall–Kier alpha value is -1.81. The van der Waals surface area contributed by atoms with E-state index in [1.54, 1.807) is 0 Å². The molecule has 0 saturated carbocycles. The molecule has 23 heavy (non-hydrogen) atoms. The molecule has 0 bridgehead atoms. The quantitative estimate of drug-likeness (QED) is 0.890. The highest BCUT2D eigenvalue weighted by Gasteiger charge is 2.19. The summed E-state index contributed by atoms with van der Waals surface area (Å²) in [5.74, 6) is 0.542. The van der Waals surface area contributed by atoms with Crippen LogP contribution in [0.15, 0.2) is 12.1 Å². The Morgan fingerprint density at radius 3 is 2.91 bits per heavy atom. The number of fused-ring (bicyclic) bond motifs is 1. The van der Waals surface area contributed by atoms with Crippen molar-refractivity contribution in [2.24, 2.45) is 5.92 Å². The second kappa shape index (κ2) is 6.75. The third kappa shape index (κ3) is 3.42. The van der Waals surface area contributed by atoms with Crippen molar-refractivity contribution in [3.8, 4) is 0 Å². The number of aromatic amines is 1. The third-order valence-corrected chi connectivity index (χ3v) is 5.02. The normalized spacial score (nSPS) is 17.8. The van der Waals surface area contributed by atoms with Crippen molar-refractivity contribution >= 4 is 16.8 Å². The largest absolute Gasteiger partial charge is 0.381 e. The van der Waals surface area contributed by atoms with Gasteiger partial charge in [0.05, 0.1) is 0 Å². The Labute approximate surface area is 137 Å². The SMILES string of the molecule is Cc1ccc2c(CCNC(=O)C[C@H]3CCOC3)c(C)[nH]c2c1C. The van der Waals surface area contributed by atoms with Gasteiger partial charge in [-0.05, 0) is 56.2 Å². The number of benzene rings is 1. The highest BCUT2D eigenvalue weighted by Crippen LogP contribution is 2.27. The first kappa shape index (κ1) is 16.1. The van der Waals surface area contributed by atoms with Gasteiger partial charge in [0, 0.05) is 42.8 Å². The smallest absolute Gasteiger partial charge is 0.220 e. The first-order valence-electron chi connectivity index (χ1n) is 8.48. The number of hydrogen-bond acceptors (Lipinski definition) is 2. The van der Waals surface area contributed by atoms with Gasteiger partial charge in [-0.2, -0.15) is 0 Å². The topological polar surface area (TPSA) is 54.1 Å². The number of aryl methyl sites for hydroxylation is 3. The summed E-state index contributed by atoms with van der Waals surface area (Å²) in [7, 11) is 0. The van der Waals surface area contributed by atoms with Crippen molar-refractivity contribution in [1.29, 1.82) is 0 Å². The van der Waals surface area contributed by atoms with Crippen molar-refractivity contribution in [2.45, 2.75) is 40.0 Å². The molecule has 1 aliphatic heterocycles. The lowest BCUT2D eigenvalue weighted by atomic mass is 10.0. The minimum Gasteiger partial charge on any atom is -0.381 e. The Balaban J connectivity index is 1.62. The van der Waals surface area contributed by atoms with Crippen molar-refractivity contribution in [2.75, 3.05) is 19.8 Å². The fraction of sp³-hybridized carbons (Fsp3) is 0.526. The summed E-state index contributed by atoms with van der Waals surface area (Å²) in [6.45, 7) is 8.62. The zero-order valence-electron chi connectivity index (χ0n) is 14.3. The Morgan fingerprint density at radius 2 is 2.17 bits per heavy atom. The molecule has 1 amide bonds. The summed E-state index contributed by atoms with van der Waals surface area (Å²) in [5, 5.41) is 4.34. The molecule has 124 valence electrons. The van der Waals surface area contributed by atoms with E-state index in [2.05, 4.69) is 43.2 Å². The van der Waals surface area contributed by atoms with E-state index in [-0.39, 0.29) is 5.91 Å². The number of amides is 1. The molecule has 4 nitrogen and oxygen atoms in total. The van der Waals surface area contributed by atoms with Crippen LogP contribution in [-0.2, 0) is 16.0 Å². The molecule has 1 aromatic carbocycles. The van der Waals surface area contributed by atoms with Crippen molar-refractivity contribution in [3.63, 3.8) is 0 Å². The molecule has 2 aromatic rings. The summed E-state index contributed by atoms with van der Waals surface area (Å²) < 4.78 is 5.32. The lowest BCUT2D eigenvalue weighted by Crippen LogP contribution is -2.27. The van der Waals surface area contributed by atoms with E-state index in [9.17, 15) is 4.79 Å². The van der Waals surface area contributed by atoms with E-state index in [1.807, 2.05) is 0 Å². The zero-order valence-corrected chi connectivity index (χ0v) is 14.3. The molecule has 1 aromatic heterocycles. The van der Waals surface area contributed by atoms with Crippen molar-refractivity contribution in [3.05, 3.63) is 34.5 Å². The maximum Gasteiger partial charge on any atom is 0.220 e. The molecule has 0 aliphatic carbocycles. The molecule has 4 heteroatoms. The number of aromatic nitrogens is 1. The highest BCUT2D eigenvalue weighted by atomic mass is 16.5. The molecular formula is C19H26N2O2. The molecule has 0 radical (unpaired) electrons. The Bertz CT molecular complexity index is 712. The first-order chi connectivity index (χ1) is 11.1. The Morgan fingerprint density at radius 1 is 1.35 bits per heavy atom. The minimum atomic E-state index is 0.144. The number of ether oxygens (including phenoxy) is 1. The van der Waals surface area contributed by atoms with Crippen molar-refractivity contribution in [1.82, 2.24) is 10.3 Å². The molecule has 1 aliphatic rings. The van der Waals surface area contributed by atoms with Crippen LogP contribution in [0.2, 0.25) is 0 Å². The van der Waals surface area contributed by atoms with E-state index >= 15 is 0 Å². The average molecular weight is 314 g/mol. The van der Waals surface area contributed by atoms with Gasteiger partial charge in [0.1, 0.15) is 0 Å². The van der Waals surface area contributed by atoms with Gasteiger partial charge >= 0.3 is 0 Å². The molecule has 2 N–H and O–H groups in total. The predicted octanol–water partition coefficient (Wildman–Crippen LogP) is 3.18. The van der Waals surface area contributed by atoms with Crippen molar-refractivity contribution < 1.29 is 9.53 Å². The van der Waals surface area contributed by atoms with E-state index in [1.165, 1.54) is 33.3 Å². The number of hydrogen-bond donors (Lipinski definition) is 2. The van der Waals surface area contributed by atoms with Crippen LogP contribution in [-0.4, -0.2) is 30.6 Å².